The lowest BCUT2D eigenvalue weighted by atomic mass is 9.93. The molecule has 2 aromatic rings. The van der Waals surface area contributed by atoms with Crippen molar-refractivity contribution >= 4 is 11.7 Å². The van der Waals surface area contributed by atoms with E-state index in [-0.39, 0.29) is 11.8 Å². The van der Waals surface area contributed by atoms with Crippen LogP contribution in [0.25, 0.3) is 0 Å². The summed E-state index contributed by atoms with van der Waals surface area (Å²) in [5.41, 5.74) is 6.88. The van der Waals surface area contributed by atoms with E-state index in [1.807, 2.05) is 11.0 Å². The van der Waals surface area contributed by atoms with Gasteiger partial charge in [-0.2, -0.15) is 5.10 Å². The van der Waals surface area contributed by atoms with Gasteiger partial charge < -0.3 is 20.1 Å². The molecule has 3 rings (SSSR count). The van der Waals surface area contributed by atoms with Gasteiger partial charge in [0, 0.05) is 25.1 Å². The Morgan fingerprint density at radius 3 is 2.61 bits per heavy atom. The van der Waals surface area contributed by atoms with Gasteiger partial charge in [0.25, 0.3) is 5.91 Å². The molecule has 28 heavy (non-hydrogen) atoms. The number of hydrogen-bond donors (Lipinski definition) is 1. The van der Waals surface area contributed by atoms with Crippen LogP contribution in [0.15, 0.2) is 24.4 Å². The number of ether oxygens (including phenoxy) is 2. The van der Waals surface area contributed by atoms with Gasteiger partial charge in [0.05, 0.1) is 25.6 Å². The van der Waals surface area contributed by atoms with Crippen molar-refractivity contribution < 1.29 is 14.3 Å². The molecule has 8 nitrogen and oxygen atoms in total. The van der Waals surface area contributed by atoms with E-state index in [1.165, 1.54) is 0 Å². The summed E-state index contributed by atoms with van der Waals surface area (Å²) in [4.78, 5) is 19.0. The lowest BCUT2D eigenvalue weighted by molar-refractivity contribution is 0.0705. The van der Waals surface area contributed by atoms with Crippen LogP contribution in [0.2, 0.25) is 0 Å². The number of nitrogens with two attached hydrogens (primary N) is 1. The molecule has 1 aliphatic rings. The molecular formula is C20H27N5O3. The van der Waals surface area contributed by atoms with E-state index in [9.17, 15) is 4.79 Å². The summed E-state index contributed by atoms with van der Waals surface area (Å²) >= 11 is 0. The normalized spacial score (nSPS) is 14.9. The second-order valence-corrected chi connectivity index (χ2v) is 7.37. The van der Waals surface area contributed by atoms with Crippen LogP contribution < -0.4 is 15.2 Å². The highest BCUT2D eigenvalue weighted by Gasteiger charge is 2.26. The van der Waals surface area contributed by atoms with Gasteiger partial charge in [-0.15, -0.1) is 5.10 Å². The van der Waals surface area contributed by atoms with Crippen LogP contribution in [0.4, 0.5) is 5.82 Å². The van der Waals surface area contributed by atoms with Crippen molar-refractivity contribution in [2.24, 2.45) is 5.92 Å². The number of nitrogens with zero attached hydrogens (tertiary/aromatic N) is 4. The average Bonchev–Trinajstić information content (AvgIpc) is 2.72. The summed E-state index contributed by atoms with van der Waals surface area (Å²) in [5, 5.41) is 8.09. The van der Waals surface area contributed by atoms with Crippen LogP contribution in [-0.2, 0) is 0 Å². The molecule has 0 spiro atoms. The van der Waals surface area contributed by atoms with Gasteiger partial charge in [-0.1, -0.05) is 13.8 Å². The molecule has 1 fully saturated rings. The molecule has 2 aromatic heterocycles. The monoisotopic (exact) mass is 385 g/mol. The number of carbonyl (C=O) groups excluding carboxylic acids is 1. The van der Waals surface area contributed by atoms with Gasteiger partial charge in [-0.25, -0.2) is 4.98 Å². The molecule has 1 amide bonds. The average molecular weight is 385 g/mol. The molecule has 1 saturated heterocycles. The van der Waals surface area contributed by atoms with E-state index >= 15 is 0 Å². The van der Waals surface area contributed by atoms with Crippen molar-refractivity contribution in [3.8, 4) is 11.5 Å². The van der Waals surface area contributed by atoms with E-state index < -0.39 is 0 Å². The molecule has 0 aliphatic carbocycles. The predicted molar refractivity (Wildman–Crippen MR) is 105 cm³/mol. The predicted octanol–water partition coefficient (Wildman–Crippen LogP) is 2.52. The van der Waals surface area contributed by atoms with Crippen molar-refractivity contribution in [1.82, 2.24) is 20.1 Å². The molecule has 1 aliphatic heterocycles. The first kappa shape index (κ1) is 19.9. The van der Waals surface area contributed by atoms with Crippen LogP contribution in [0.3, 0.4) is 0 Å². The summed E-state index contributed by atoms with van der Waals surface area (Å²) in [5.74, 6) is 2.05. The molecule has 0 aromatic carbocycles. The van der Waals surface area contributed by atoms with Gasteiger partial charge in [0.1, 0.15) is 11.5 Å². The fraction of sp³-hybridized carbons (Fsp3) is 0.500. The fourth-order valence-electron chi connectivity index (χ4n) is 3.18. The van der Waals surface area contributed by atoms with E-state index in [4.69, 9.17) is 15.2 Å². The molecule has 0 saturated carbocycles. The Labute approximate surface area is 165 Å². The highest BCUT2D eigenvalue weighted by Crippen LogP contribution is 2.30. The lowest BCUT2D eigenvalue weighted by Crippen LogP contribution is -2.38. The Morgan fingerprint density at radius 2 is 2.00 bits per heavy atom. The zero-order valence-corrected chi connectivity index (χ0v) is 16.6. The second kappa shape index (κ2) is 8.86. The topological polar surface area (TPSA) is 103 Å². The maximum atomic E-state index is 12.9. The molecule has 8 heteroatoms. The van der Waals surface area contributed by atoms with Gasteiger partial charge in [-0.05, 0) is 30.9 Å². The summed E-state index contributed by atoms with van der Waals surface area (Å²) < 4.78 is 11.1. The zero-order chi connectivity index (χ0) is 20.1. The van der Waals surface area contributed by atoms with E-state index in [0.29, 0.717) is 48.6 Å². The van der Waals surface area contributed by atoms with Gasteiger partial charge in [0.15, 0.2) is 11.5 Å². The largest absolute Gasteiger partial charge is 0.493 e. The highest BCUT2D eigenvalue weighted by molar-refractivity contribution is 5.93. The van der Waals surface area contributed by atoms with Crippen LogP contribution in [0.5, 0.6) is 11.5 Å². The number of aromatic nitrogens is 3. The maximum Gasteiger partial charge on any atom is 0.272 e. The fourth-order valence-corrected chi connectivity index (χ4v) is 3.18. The summed E-state index contributed by atoms with van der Waals surface area (Å²) in [6.07, 6.45) is 3.22. The number of piperidine rings is 1. The number of rotatable bonds is 6. The van der Waals surface area contributed by atoms with Gasteiger partial charge >= 0.3 is 0 Å². The third-order valence-electron chi connectivity index (χ3n) is 4.75. The van der Waals surface area contributed by atoms with Crippen LogP contribution in [0.1, 0.15) is 48.8 Å². The number of methoxy groups -OCH3 is 1. The molecule has 0 radical (unpaired) electrons. The number of likely N-dealkylation sites (tertiary alicyclic amines) is 1. The third-order valence-corrected chi connectivity index (χ3v) is 4.75. The van der Waals surface area contributed by atoms with Crippen molar-refractivity contribution in [1.29, 1.82) is 0 Å². The highest BCUT2D eigenvalue weighted by atomic mass is 16.5. The van der Waals surface area contributed by atoms with E-state index in [0.717, 1.165) is 18.5 Å². The van der Waals surface area contributed by atoms with Crippen molar-refractivity contribution in [3.05, 3.63) is 35.8 Å². The minimum Gasteiger partial charge on any atom is -0.493 e. The Morgan fingerprint density at radius 1 is 1.25 bits per heavy atom. The van der Waals surface area contributed by atoms with Crippen LogP contribution in [-0.4, -0.2) is 52.8 Å². The number of amides is 1. The van der Waals surface area contributed by atoms with Crippen molar-refractivity contribution in [3.63, 3.8) is 0 Å². The first-order valence-corrected chi connectivity index (χ1v) is 9.53. The molecule has 0 unspecified atom stereocenters. The van der Waals surface area contributed by atoms with E-state index in [2.05, 4.69) is 29.0 Å². The molecule has 0 atom stereocenters. The molecule has 3 heterocycles. The molecule has 0 bridgehead atoms. The number of pyridine rings is 1. The quantitative estimate of drug-likeness (QED) is 0.815. The molecular weight excluding hydrogens is 358 g/mol. The summed E-state index contributed by atoms with van der Waals surface area (Å²) in [6.45, 7) is 5.98. The van der Waals surface area contributed by atoms with Gasteiger partial charge in [0.2, 0.25) is 0 Å². The first-order valence-electron chi connectivity index (χ1n) is 9.53. The summed E-state index contributed by atoms with van der Waals surface area (Å²) in [7, 11) is 1.56. The molecule has 150 valence electrons. The standard InChI is InChI=1S/C20H27N5O3/c1-13(2)12-28-18-11-22-16(10-17(18)27-3)20(26)25-8-6-14(7-9-25)15-4-5-19(21)24-23-15/h4-5,10-11,13-14H,6-9,12H2,1-3H3,(H2,21,24). The SMILES string of the molecule is COc1cc(C(=O)N2CCC(c3ccc(N)nn3)CC2)ncc1OCC(C)C. The smallest absolute Gasteiger partial charge is 0.272 e. The van der Waals surface area contributed by atoms with Crippen LogP contribution in [0, 0.1) is 5.92 Å². The Bertz CT molecular complexity index is 802. The van der Waals surface area contributed by atoms with Crippen molar-refractivity contribution in [2.45, 2.75) is 32.6 Å². The minimum atomic E-state index is -0.101. The van der Waals surface area contributed by atoms with Crippen molar-refractivity contribution in [2.75, 3.05) is 32.5 Å². The van der Waals surface area contributed by atoms with E-state index in [1.54, 1.807) is 25.4 Å². The molecule has 2 N–H and O–H groups in total. The Kier molecular flexibility index (Phi) is 6.28. The maximum absolute atomic E-state index is 12.9. The number of hydrogen-bond acceptors (Lipinski definition) is 7. The van der Waals surface area contributed by atoms with Gasteiger partial charge in [-0.3, -0.25) is 4.79 Å². The number of carbonyl (C=O) groups is 1. The zero-order valence-electron chi connectivity index (χ0n) is 16.6. The Hall–Kier alpha value is -2.90. The second-order valence-electron chi connectivity index (χ2n) is 7.37. The third kappa shape index (κ3) is 4.68. The number of anilines is 1. The van der Waals surface area contributed by atoms with Crippen LogP contribution >= 0.6 is 0 Å². The lowest BCUT2D eigenvalue weighted by Gasteiger charge is -2.31. The number of nitrogen functional groups attached to an aromatic ring is 1. The first-order chi connectivity index (χ1) is 13.5. The Balaban J connectivity index is 1.63. The minimum absolute atomic E-state index is 0.101. The summed E-state index contributed by atoms with van der Waals surface area (Å²) in [6, 6.07) is 5.32.